The van der Waals surface area contributed by atoms with E-state index in [-0.39, 0.29) is 9.90 Å². The minimum atomic E-state index is 0. The second-order valence-electron chi connectivity index (χ2n) is 6.22. The van der Waals surface area contributed by atoms with Crippen LogP contribution in [0.25, 0.3) is 0 Å². The van der Waals surface area contributed by atoms with Crippen molar-refractivity contribution in [2.75, 3.05) is 13.1 Å². The summed E-state index contributed by atoms with van der Waals surface area (Å²) in [6, 6.07) is 0.821. The van der Waals surface area contributed by atoms with E-state index in [1.807, 2.05) is 0 Å². The Balaban J connectivity index is 0.00000180. The van der Waals surface area contributed by atoms with E-state index in [0.717, 1.165) is 6.04 Å². The molecule has 2 nitrogen and oxygen atoms in total. The molecule has 2 fully saturated rings. The van der Waals surface area contributed by atoms with Gasteiger partial charge in [0, 0.05) is 19.1 Å². The van der Waals surface area contributed by atoms with Crippen molar-refractivity contribution in [2.24, 2.45) is 0 Å². The quantitative estimate of drug-likeness (QED) is 0.722. The maximum Gasteiger partial charge on any atom is 0.0243 e. The lowest BCUT2D eigenvalue weighted by Crippen LogP contribution is -2.46. The van der Waals surface area contributed by atoms with Crippen LogP contribution in [0.2, 0.25) is 0 Å². The lowest BCUT2D eigenvalue weighted by Gasteiger charge is -2.32. The van der Waals surface area contributed by atoms with E-state index >= 15 is 0 Å². The first kappa shape index (κ1) is 17.4. The van der Waals surface area contributed by atoms with Gasteiger partial charge in [-0.2, -0.15) is 9.90 Å². The molecular weight excluding hydrogens is 251 g/mol. The molecule has 19 heavy (non-hydrogen) atoms. The summed E-state index contributed by atoms with van der Waals surface area (Å²) < 4.78 is 0. The third kappa shape index (κ3) is 7.06. The Morgan fingerprint density at radius 2 is 1.16 bits per heavy atom. The molecule has 0 aromatic rings. The Morgan fingerprint density at radius 1 is 0.632 bits per heavy atom. The molecule has 1 N–H and O–H groups in total. The van der Waals surface area contributed by atoms with Gasteiger partial charge in [-0.15, -0.1) is 0 Å². The fourth-order valence-electron chi connectivity index (χ4n) is 3.47. The minimum Gasteiger partial charge on any atom is -0.255 e. The Labute approximate surface area is 123 Å². The molecule has 1 aliphatic carbocycles. The van der Waals surface area contributed by atoms with Crippen LogP contribution < -0.4 is 5.43 Å². The second kappa shape index (κ2) is 11.1. The van der Waals surface area contributed by atoms with E-state index in [9.17, 15) is 0 Å². The molecule has 0 bridgehead atoms. The van der Waals surface area contributed by atoms with Crippen LogP contribution in [0.5, 0.6) is 0 Å². The van der Waals surface area contributed by atoms with Gasteiger partial charge in [-0.1, -0.05) is 57.8 Å². The van der Waals surface area contributed by atoms with E-state index < -0.39 is 0 Å². The molecular formula is C16H35N2P. The van der Waals surface area contributed by atoms with Crippen LogP contribution in [-0.4, -0.2) is 24.1 Å². The molecule has 0 spiro atoms. The first-order valence-corrected chi connectivity index (χ1v) is 8.47. The Bertz CT molecular complexity index is 169. The van der Waals surface area contributed by atoms with Crippen LogP contribution in [0.3, 0.4) is 0 Å². The summed E-state index contributed by atoms with van der Waals surface area (Å²) in [6.45, 7) is 2.49. The van der Waals surface area contributed by atoms with Gasteiger partial charge < -0.3 is 0 Å². The molecule has 1 atom stereocenters. The first-order chi connectivity index (χ1) is 8.97. The van der Waals surface area contributed by atoms with Crippen LogP contribution in [0.15, 0.2) is 0 Å². The summed E-state index contributed by atoms with van der Waals surface area (Å²) in [7, 11) is 0. The van der Waals surface area contributed by atoms with Crippen molar-refractivity contribution in [3.8, 4) is 0 Å². The monoisotopic (exact) mass is 286 g/mol. The van der Waals surface area contributed by atoms with Gasteiger partial charge in [0.25, 0.3) is 0 Å². The van der Waals surface area contributed by atoms with Crippen LogP contribution in [0.4, 0.5) is 0 Å². The molecule has 2 rings (SSSR count). The Morgan fingerprint density at radius 3 is 1.84 bits per heavy atom. The molecule has 1 heterocycles. The van der Waals surface area contributed by atoms with E-state index in [1.54, 1.807) is 0 Å². The van der Waals surface area contributed by atoms with Gasteiger partial charge in [-0.3, -0.25) is 5.43 Å². The number of hydrogen-bond donors (Lipinski definition) is 1. The van der Waals surface area contributed by atoms with Crippen molar-refractivity contribution in [1.82, 2.24) is 10.4 Å². The highest BCUT2D eigenvalue weighted by atomic mass is 31.0. The average molecular weight is 286 g/mol. The molecule has 0 radical (unpaired) electrons. The lowest BCUT2D eigenvalue weighted by molar-refractivity contribution is 0.107. The molecule has 0 aromatic heterocycles. The largest absolute Gasteiger partial charge is 0.255 e. The molecule has 1 saturated heterocycles. The van der Waals surface area contributed by atoms with Crippen molar-refractivity contribution in [1.29, 1.82) is 0 Å². The summed E-state index contributed by atoms with van der Waals surface area (Å²) >= 11 is 0. The Kier molecular flexibility index (Phi) is 10.1. The van der Waals surface area contributed by atoms with Crippen molar-refractivity contribution in [3.63, 3.8) is 0 Å². The zero-order valence-corrected chi connectivity index (χ0v) is 14.3. The molecule has 1 aliphatic heterocycles. The van der Waals surface area contributed by atoms with Gasteiger partial charge in [-0.25, -0.2) is 5.01 Å². The summed E-state index contributed by atoms with van der Waals surface area (Å²) in [4.78, 5) is 0. The smallest absolute Gasteiger partial charge is 0.0243 e. The molecule has 3 heteroatoms. The first-order valence-electron chi connectivity index (χ1n) is 8.47. The van der Waals surface area contributed by atoms with Gasteiger partial charge in [-0.05, 0) is 25.7 Å². The van der Waals surface area contributed by atoms with Gasteiger partial charge in [0.1, 0.15) is 0 Å². The zero-order valence-electron chi connectivity index (χ0n) is 12.8. The summed E-state index contributed by atoms with van der Waals surface area (Å²) in [5.74, 6) is 0. The number of rotatable bonds is 1. The van der Waals surface area contributed by atoms with Crippen molar-refractivity contribution < 1.29 is 0 Å². The van der Waals surface area contributed by atoms with Crippen LogP contribution in [-0.2, 0) is 0 Å². The van der Waals surface area contributed by atoms with E-state index in [4.69, 9.17) is 0 Å². The third-order valence-electron chi connectivity index (χ3n) is 4.66. The van der Waals surface area contributed by atoms with E-state index in [1.165, 1.54) is 96.6 Å². The third-order valence-corrected chi connectivity index (χ3v) is 4.66. The molecule has 2 aliphatic rings. The molecule has 0 aromatic carbocycles. The SMILES string of the molecule is C1CCCCC(N2CCCCCCCN2)CCC1.P. The molecule has 1 saturated carbocycles. The lowest BCUT2D eigenvalue weighted by atomic mass is 10.0. The van der Waals surface area contributed by atoms with Crippen molar-refractivity contribution >= 4 is 9.90 Å². The number of nitrogens with zero attached hydrogens (tertiary/aromatic N) is 1. The topological polar surface area (TPSA) is 15.3 Å². The van der Waals surface area contributed by atoms with E-state index in [2.05, 4.69) is 10.4 Å². The number of nitrogens with one attached hydrogen (secondary N) is 1. The van der Waals surface area contributed by atoms with Crippen molar-refractivity contribution in [3.05, 3.63) is 0 Å². The summed E-state index contributed by atoms with van der Waals surface area (Å²) in [5, 5.41) is 2.62. The van der Waals surface area contributed by atoms with Crippen LogP contribution in [0, 0.1) is 0 Å². The molecule has 0 amide bonds. The molecule has 1 unspecified atom stereocenters. The van der Waals surface area contributed by atoms with Gasteiger partial charge >= 0.3 is 0 Å². The summed E-state index contributed by atoms with van der Waals surface area (Å²) in [6.07, 6.45) is 18.7. The summed E-state index contributed by atoms with van der Waals surface area (Å²) in [5.41, 5.74) is 3.73. The zero-order chi connectivity index (χ0) is 12.5. The highest BCUT2D eigenvalue weighted by Gasteiger charge is 2.18. The second-order valence-corrected chi connectivity index (χ2v) is 6.22. The standard InChI is InChI=1S/C16H32N2.H3P/c1-2-5-9-13-16(12-8-4-1)18-15-11-7-3-6-10-14-17-18;/h16-17H,1-15H2;1H3. The predicted molar refractivity (Wildman–Crippen MR) is 89.6 cm³/mol. The van der Waals surface area contributed by atoms with Crippen LogP contribution >= 0.6 is 9.90 Å². The fraction of sp³-hybridized carbons (Fsp3) is 1.00. The number of hydrazine groups is 1. The fourth-order valence-corrected chi connectivity index (χ4v) is 3.47. The predicted octanol–water partition coefficient (Wildman–Crippen LogP) is 4.32. The van der Waals surface area contributed by atoms with Crippen molar-refractivity contribution in [2.45, 2.75) is 89.5 Å². The van der Waals surface area contributed by atoms with Gasteiger partial charge in [0.05, 0.1) is 0 Å². The highest BCUT2D eigenvalue weighted by Crippen LogP contribution is 2.21. The average Bonchev–Trinajstić information content (AvgIpc) is 2.61. The van der Waals surface area contributed by atoms with Gasteiger partial charge in [0.15, 0.2) is 0 Å². The Hall–Kier alpha value is 0.350. The number of hydrogen-bond acceptors (Lipinski definition) is 2. The maximum atomic E-state index is 3.73. The van der Waals surface area contributed by atoms with E-state index in [0.29, 0.717) is 0 Å². The van der Waals surface area contributed by atoms with Crippen LogP contribution in [0.1, 0.15) is 83.5 Å². The normalized spacial score (nSPS) is 25.9. The maximum absolute atomic E-state index is 3.73. The molecule has 114 valence electrons. The van der Waals surface area contributed by atoms with Gasteiger partial charge in [0.2, 0.25) is 0 Å². The minimum absolute atomic E-state index is 0. The highest BCUT2D eigenvalue weighted by molar-refractivity contribution is 6.92.